The average molecular weight is 227 g/mol. The molecule has 1 unspecified atom stereocenters. The summed E-state index contributed by atoms with van der Waals surface area (Å²) in [5.74, 6) is -0.240. The summed E-state index contributed by atoms with van der Waals surface area (Å²) in [5, 5.41) is 3.21. The zero-order valence-electron chi connectivity index (χ0n) is 10.7. The summed E-state index contributed by atoms with van der Waals surface area (Å²) in [7, 11) is 2.14. The Hall–Kier alpha value is -0.610. The molecule has 94 valence electrons. The molecule has 1 aliphatic carbocycles. The van der Waals surface area contributed by atoms with Crippen molar-refractivity contribution in [3.63, 3.8) is 0 Å². The van der Waals surface area contributed by atoms with Gasteiger partial charge in [0, 0.05) is 18.6 Å². The molecule has 1 aliphatic rings. The number of rotatable bonds is 7. The second kappa shape index (κ2) is 6.21. The van der Waals surface area contributed by atoms with E-state index in [0.717, 1.165) is 19.0 Å². The largest absolute Gasteiger partial charge is 0.368 e. The van der Waals surface area contributed by atoms with Crippen LogP contribution in [0.15, 0.2) is 0 Å². The highest BCUT2D eigenvalue weighted by molar-refractivity contribution is 5.79. The van der Waals surface area contributed by atoms with Gasteiger partial charge in [0.2, 0.25) is 5.91 Å². The molecule has 0 aromatic heterocycles. The van der Waals surface area contributed by atoms with Crippen LogP contribution in [0, 0.1) is 0 Å². The van der Waals surface area contributed by atoms with Crippen molar-refractivity contribution in [1.82, 2.24) is 10.2 Å². The van der Waals surface area contributed by atoms with Crippen LogP contribution in [-0.4, -0.2) is 42.5 Å². The van der Waals surface area contributed by atoms with Gasteiger partial charge in [0.25, 0.3) is 0 Å². The van der Waals surface area contributed by atoms with Gasteiger partial charge in [-0.15, -0.1) is 0 Å². The number of carbonyl (C=O) groups is 1. The van der Waals surface area contributed by atoms with E-state index in [1.165, 1.54) is 19.3 Å². The summed E-state index contributed by atoms with van der Waals surface area (Å²) < 4.78 is 0. The Kier molecular flexibility index (Phi) is 5.22. The molecule has 4 heteroatoms. The fraction of sp³-hybridized carbons (Fsp3) is 0.917. The lowest BCUT2D eigenvalue weighted by atomic mass is 9.91. The lowest BCUT2D eigenvalue weighted by molar-refractivity contribution is -0.120. The molecule has 0 spiro atoms. The van der Waals surface area contributed by atoms with Crippen LogP contribution in [0.2, 0.25) is 0 Å². The molecule has 16 heavy (non-hydrogen) atoms. The Morgan fingerprint density at radius 1 is 1.50 bits per heavy atom. The first-order valence-electron chi connectivity index (χ1n) is 6.26. The zero-order valence-corrected chi connectivity index (χ0v) is 10.7. The van der Waals surface area contributed by atoms with Gasteiger partial charge in [-0.3, -0.25) is 4.79 Å². The van der Waals surface area contributed by atoms with Crippen LogP contribution in [0.1, 0.15) is 39.5 Å². The Bertz CT molecular complexity index is 226. The van der Waals surface area contributed by atoms with Gasteiger partial charge in [-0.1, -0.05) is 20.3 Å². The lowest BCUT2D eigenvalue weighted by Gasteiger charge is -2.35. The summed E-state index contributed by atoms with van der Waals surface area (Å²) in [6.45, 7) is 5.01. The summed E-state index contributed by atoms with van der Waals surface area (Å²) >= 11 is 0. The highest BCUT2D eigenvalue weighted by atomic mass is 16.1. The molecule has 1 fully saturated rings. The monoisotopic (exact) mass is 227 g/mol. The second-order valence-electron chi connectivity index (χ2n) is 5.13. The summed E-state index contributed by atoms with van der Waals surface area (Å²) in [4.78, 5) is 13.6. The van der Waals surface area contributed by atoms with Gasteiger partial charge in [0.15, 0.2) is 0 Å². The van der Waals surface area contributed by atoms with Crippen molar-refractivity contribution in [1.29, 1.82) is 0 Å². The van der Waals surface area contributed by atoms with Crippen molar-refractivity contribution in [3.8, 4) is 0 Å². The predicted octanol–water partition coefficient (Wildman–Crippen LogP) is 0.713. The van der Waals surface area contributed by atoms with Crippen LogP contribution in [-0.2, 0) is 4.79 Å². The van der Waals surface area contributed by atoms with Crippen LogP contribution in [0.4, 0.5) is 0 Å². The number of nitrogens with zero attached hydrogens (tertiary/aromatic N) is 1. The summed E-state index contributed by atoms with van der Waals surface area (Å²) in [6.07, 6.45) is 4.75. The van der Waals surface area contributed by atoms with Crippen LogP contribution < -0.4 is 11.1 Å². The Balaban J connectivity index is 2.28. The molecule has 1 saturated carbocycles. The van der Waals surface area contributed by atoms with E-state index < -0.39 is 0 Å². The minimum absolute atomic E-state index is 0.192. The quantitative estimate of drug-likeness (QED) is 0.673. The van der Waals surface area contributed by atoms with Gasteiger partial charge < -0.3 is 16.0 Å². The average Bonchev–Trinajstić information content (AvgIpc) is 2.08. The molecule has 1 amide bonds. The Morgan fingerprint density at radius 2 is 2.12 bits per heavy atom. The van der Waals surface area contributed by atoms with E-state index >= 15 is 0 Å². The first kappa shape index (κ1) is 13.5. The third-order valence-corrected chi connectivity index (χ3v) is 3.35. The highest BCUT2D eigenvalue weighted by Crippen LogP contribution is 2.23. The maximum Gasteiger partial charge on any atom is 0.234 e. The zero-order chi connectivity index (χ0) is 12.1. The number of primary amides is 1. The van der Waals surface area contributed by atoms with Crippen LogP contribution in [0.25, 0.3) is 0 Å². The Labute approximate surface area is 98.6 Å². The van der Waals surface area contributed by atoms with Gasteiger partial charge in [0.1, 0.15) is 0 Å². The number of hydrogen-bond donors (Lipinski definition) is 2. The van der Waals surface area contributed by atoms with Crippen molar-refractivity contribution in [2.24, 2.45) is 5.73 Å². The van der Waals surface area contributed by atoms with Gasteiger partial charge >= 0.3 is 0 Å². The van der Waals surface area contributed by atoms with E-state index in [2.05, 4.69) is 17.3 Å². The minimum atomic E-state index is -0.240. The van der Waals surface area contributed by atoms with Crippen molar-refractivity contribution in [2.45, 2.75) is 57.7 Å². The molecular formula is C12H25N3O. The maximum atomic E-state index is 11.2. The number of amides is 1. The number of hydrogen-bond acceptors (Lipinski definition) is 3. The highest BCUT2D eigenvalue weighted by Gasteiger charge is 2.23. The predicted molar refractivity (Wildman–Crippen MR) is 66.1 cm³/mol. The Morgan fingerprint density at radius 3 is 2.50 bits per heavy atom. The van der Waals surface area contributed by atoms with Crippen molar-refractivity contribution < 1.29 is 4.79 Å². The van der Waals surface area contributed by atoms with E-state index in [9.17, 15) is 4.79 Å². The molecule has 0 saturated heterocycles. The number of nitrogens with one attached hydrogen (secondary N) is 1. The smallest absolute Gasteiger partial charge is 0.234 e. The van der Waals surface area contributed by atoms with E-state index in [1.807, 2.05) is 13.8 Å². The first-order valence-corrected chi connectivity index (χ1v) is 6.26. The molecule has 0 bridgehead atoms. The summed E-state index contributed by atoms with van der Waals surface area (Å²) in [5.41, 5.74) is 5.37. The SMILES string of the molecule is CC(C)NC(CCN(C)C1CCC1)C(N)=O. The molecule has 0 radical (unpaired) electrons. The topological polar surface area (TPSA) is 58.4 Å². The normalized spacial score (nSPS) is 18.8. The van der Waals surface area contributed by atoms with Gasteiger partial charge in [-0.2, -0.15) is 0 Å². The van der Waals surface area contributed by atoms with Crippen LogP contribution in [0.5, 0.6) is 0 Å². The van der Waals surface area contributed by atoms with E-state index in [0.29, 0.717) is 6.04 Å². The van der Waals surface area contributed by atoms with E-state index in [1.54, 1.807) is 0 Å². The van der Waals surface area contributed by atoms with Gasteiger partial charge in [-0.25, -0.2) is 0 Å². The molecule has 1 atom stereocenters. The lowest BCUT2D eigenvalue weighted by Crippen LogP contribution is -2.47. The van der Waals surface area contributed by atoms with E-state index in [-0.39, 0.29) is 11.9 Å². The molecule has 3 N–H and O–H groups in total. The summed E-state index contributed by atoms with van der Waals surface area (Å²) in [6, 6.07) is 0.835. The molecular weight excluding hydrogens is 202 g/mol. The van der Waals surface area contributed by atoms with Crippen molar-refractivity contribution in [2.75, 3.05) is 13.6 Å². The third-order valence-electron chi connectivity index (χ3n) is 3.35. The molecule has 0 aromatic rings. The number of nitrogens with two attached hydrogens (primary N) is 1. The van der Waals surface area contributed by atoms with Crippen molar-refractivity contribution in [3.05, 3.63) is 0 Å². The molecule has 1 rings (SSSR count). The third kappa shape index (κ3) is 4.10. The van der Waals surface area contributed by atoms with Crippen LogP contribution in [0.3, 0.4) is 0 Å². The fourth-order valence-corrected chi connectivity index (χ4v) is 2.05. The molecule has 4 nitrogen and oxygen atoms in total. The molecule has 0 aliphatic heterocycles. The number of carbonyl (C=O) groups excluding carboxylic acids is 1. The van der Waals surface area contributed by atoms with Gasteiger partial charge in [0.05, 0.1) is 6.04 Å². The maximum absolute atomic E-state index is 11.2. The van der Waals surface area contributed by atoms with Crippen LogP contribution >= 0.6 is 0 Å². The standard InChI is InChI=1S/C12H25N3O/c1-9(2)14-11(12(13)16)7-8-15(3)10-5-4-6-10/h9-11,14H,4-8H2,1-3H3,(H2,13,16). The van der Waals surface area contributed by atoms with Gasteiger partial charge in [-0.05, 0) is 26.3 Å². The van der Waals surface area contributed by atoms with Crippen molar-refractivity contribution >= 4 is 5.91 Å². The molecule has 0 heterocycles. The molecule has 0 aromatic carbocycles. The minimum Gasteiger partial charge on any atom is -0.368 e. The second-order valence-corrected chi connectivity index (χ2v) is 5.13. The fourth-order valence-electron chi connectivity index (χ4n) is 2.05. The first-order chi connectivity index (χ1) is 7.50. The van der Waals surface area contributed by atoms with E-state index in [4.69, 9.17) is 5.73 Å².